The molecule has 3 fully saturated rings. The molecule has 9 heteroatoms. The first-order chi connectivity index (χ1) is 15.1. The topological polar surface area (TPSA) is 90.4 Å². The molecule has 1 aromatic heterocycles. The molecule has 2 amide bonds. The first kappa shape index (κ1) is 22.0. The van der Waals surface area contributed by atoms with Gasteiger partial charge in [-0.25, -0.2) is 4.98 Å². The normalized spacial score (nSPS) is 23.6. The molecule has 1 aromatic rings. The van der Waals surface area contributed by atoms with Crippen LogP contribution in [0.1, 0.15) is 36.0 Å². The number of likely N-dealkylation sites (tertiary alicyclic amines) is 1. The van der Waals surface area contributed by atoms with Crippen LogP contribution in [-0.4, -0.2) is 98.0 Å². The number of ether oxygens (including phenoxy) is 4. The standard InChI is InChI=1S/C22H31N3O6/c1-28-19-3-2-17(15-23-19)21(27)25-7-5-22(6-8-25)14-18(4-11-31-22)30-16-20(26)24-9-12-29-13-10-24/h2-3,15,18H,4-14,16H2,1H3. The minimum Gasteiger partial charge on any atom is -0.481 e. The molecular formula is C22H31N3O6. The molecule has 3 aliphatic heterocycles. The van der Waals surface area contributed by atoms with Crippen LogP contribution in [-0.2, 0) is 19.0 Å². The minimum atomic E-state index is -0.278. The van der Waals surface area contributed by atoms with Crippen LogP contribution in [0.25, 0.3) is 0 Å². The highest BCUT2D eigenvalue weighted by Gasteiger charge is 2.42. The Morgan fingerprint density at radius 1 is 1.13 bits per heavy atom. The lowest BCUT2D eigenvalue weighted by Gasteiger charge is -2.46. The summed E-state index contributed by atoms with van der Waals surface area (Å²) in [5.74, 6) is 0.491. The van der Waals surface area contributed by atoms with E-state index in [4.69, 9.17) is 18.9 Å². The van der Waals surface area contributed by atoms with Crippen LogP contribution >= 0.6 is 0 Å². The summed E-state index contributed by atoms with van der Waals surface area (Å²) in [5.41, 5.74) is 0.281. The van der Waals surface area contributed by atoms with Crippen molar-refractivity contribution in [3.63, 3.8) is 0 Å². The van der Waals surface area contributed by atoms with E-state index < -0.39 is 0 Å². The van der Waals surface area contributed by atoms with E-state index in [1.165, 1.54) is 0 Å². The second-order valence-electron chi connectivity index (χ2n) is 8.33. The lowest BCUT2D eigenvalue weighted by Crippen LogP contribution is -2.52. The molecule has 3 aliphatic rings. The van der Waals surface area contributed by atoms with Gasteiger partial charge in [-0.1, -0.05) is 0 Å². The predicted octanol–water partition coefficient (Wildman–Crippen LogP) is 1.12. The maximum Gasteiger partial charge on any atom is 0.255 e. The van der Waals surface area contributed by atoms with Gasteiger partial charge in [0.2, 0.25) is 11.8 Å². The van der Waals surface area contributed by atoms with Crippen LogP contribution < -0.4 is 4.74 Å². The zero-order valence-corrected chi connectivity index (χ0v) is 18.1. The number of methoxy groups -OCH3 is 1. The molecule has 0 radical (unpaired) electrons. The van der Waals surface area contributed by atoms with Crippen molar-refractivity contribution in [1.82, 2.24) is 14.8 Å². The summed E-state index contributed by atoms with van der Waals surface area (Å²) >= 11 is 0. The summed E-state index contributed by atoms with van der Waals surface area (Å²) in [6.07, 6.45) is 4.64. The molecule has 0 saturated carbocycles. The zero-order valence-electron chi connectivity index (χ0n) is 18.1. The van der Waals surface area contributed by atoms with Gasteiger partial charge < -0.3 is 28.7 Å². The van der Waals surface area contributed by atoms with E-state index in [9.17, 15) is 9.59 Å². The first-order valence-electron chi connectivity index (χ1n) is 11.0. The number of amides is 2. The molecule has 4 rings (SSSR count). The summed E-state index contributed by atoms with van der Waals surface area (Å²) in [6.45, 7) is 4.43. The number of hydrogen-bond donors (Lipinski definition) is 0. The zero-order chi connectivity index (χ0) is 21.7. The van der Waals surface area contributed by atoms with Crippen LogP contribution in [0.2, 0.25) is 0 Å². The molecule has 1 spiro atoms. The maximum atomic E-state index is 12.8. The maximum absolute atomic E-state index is 12.8. The lowest BCUT2D eigenvalue weighted by atomic mass is 9.83. The van der Waals surface area contributed by atoms with Crippen molar-refractivity contribution in [2.45, 2.75) is 37.4 Å². The second-order valence-corrected chi connectivity index (χ2v) is 8.33. The van der Waals surface area contributed by atoms with Crippen molar-refractivity contribution >= 4 is 11.8 Å². The summed E-state index contributed by atoms with van der Waals surface area (Å²) in [6, 6.07) is 3.44. The molecule has 0 aromatic carbocycles. The van der Waals surface area contributed by atoms with Crippen molar-refractivity contribution in [3.8, 4) is 5.88 Å². The third kappa shape index (κ3) is 5.34. The first-order valence-corrected chi connectivity index (χ1v) is 11.0. The Morgan fingerprint density at radius 2 is 1.90 bits per heavy atom. The number of morpholine rings is 1. The van der Waals surface area contributed by atoms with E-state index in [0.717, 1.165) is 25.7 Å². The molecule has 9 nitrogen and oxygen atoms in total. The number of carbonyl (C=O) groups excluding carboxylic acids is 2. The second kappa shape index (κ2) is 9.93. The SMILES string of the molecule is COc1ccc(C(=O)N2CCC3(CC2)CC(OCC(=O)N2CCOCC2)CCO3)cn1. The fourth-order valence-electron chi connectivity index (χ4n) is 4.49. The predicted molar refractivity (Wildman–Crippen MR) is 111 cm³/mol. The summed E-state index contributed by atoms with van der Waals surface area (Å²) in [7, 11) is 1.55. The molecule has 1 unspecified atom stereocenters. The Hall–Kier alpha value is -2.23. The van der Waals surface area contributed by atoms with Gasteiger partial charge in [-0.05, 0) is 25.3 Å². The number of rotatable bonds is 5. The highest BCUT2D eigenvalue weighted by Crippen LogP contribution is 2.36. The molecule has 1 atom stereocenters. The van der Waals surface area contributed by atoms with Crippen LogP contribution in [0.15, 0.2) is 18.3 Å². The van der Waals surface area contributed by atoms with Gasteiger partial charge in [-0.3, -0.25) is 9.59 Å². The number of hydrogen-bond acceptors (Lipinski definition) is 7. The van der Waals surface area contributed by atoms with E-state index >= 15 is 0 Å². The van der Waals surface area contributed by atoms with E-state index in [2.05, 4.69) is 4.98 Å². The van der Waals surface area contributed by atoms with Gasteiger partial charge >= 0.3 is 0 Å². The van der Waals surface area contributed by atoms with E-state index in [1.54, 1.807) is 30.3 Å². The monoisotopic (exact) mass is 433 g/mol. The largest absolute Gasteiger partial charge is 0.481 e. The fourth-order valence-corrected chi connectivity index (χ4v) is 4.49. The molecule has 31 heavy (non-hydrogen) atoms. The van der Waals surface area contributed by atoms with Crippen LogP contribution in [0.3, 0.4) is 0 Å². The van der Waals surface area contributed by atoms with Crippen LogP contribution in [0, 0.1) is 0 Å². The Balaban J connectivity index is 1.26. The number of nitrogens with zero attached hydrogens (tertiary/aromatic N) is 3. The van der Waals surface area contributed by atoms with Crippen molar-refractivity contribution < 1.29 is 28.5 Å². The summed E-state index contributed by atoms with van der Waals surface area (Å²) < 4.78 is 22.5. The lowest BCUT2D eigenvalue weighted by molar-refractivity contribution is -0.163. The molecule has 0 bridgehead atoms. The quantitative estimate of drug-likeness (QED) is 0.687. The van der Waals surface area contributed by atoms with Gasteiger partial charge in [0, 0.05) is 51.5 Å². The van der Waals surface area contributed by atoms with E-state index in [-0.39, 0.29) is 30.1 Å². The highest BCUT2D eigenvalue weighted by molar-refractivity contribution is 5.94. The number of carbonyl (C=O) groups is 2. The van der Waals surface area contributed by atoms with Crippen molar-refractivity contribution in [2.75, 3.05) is 59.7 Å². The van der Waals surface area contributed by atoms with Crippen molar-refractivity contribution in [1.29, 1.82) is 0 Å². The van der Waals surface area contributed by atoms with Gasteiger partial charge in [-0.15, -0.1) is 0 Å². The van der Waals surface area contributed by atoms with Gasteiger partial charge in [0.15, 0.2) is 0 Å². The van der Waals surface area contributed by atoms with Crippen LogP contribution in [0.5, 0.6) is 5.88 Å². The third-order valence-corrected chi connectivity index (χ3v) is 6.41. The minimum absolute atomic E-state index is 0.00628. The third-order valence-electron chi connectivity index (χ3n) is 6.41. The van der Waals surface area contributed by atoms with Gasteiger partial charge in [0.05, 0.1) is 37.6 Å². The van der Waals surface area contributed by atoms with Crippen LogP contribution in [0.4, 0.5) is 0 Å². The van der Waals surface area contributed by atoms with Gasteiger partial charge in [0.1, 0.15) is 6.61 Å². The molecule has 4 heterocycles. The molecule has 0 N–H and O–H groups in total. The van der Waals surface area contributed by atoms with E-state index in [1.807, 2.05) is 4.90 Å². The number of pyridine rings is 1. The molecule has 0 aliphatic carbocycles. The fraction of sp³-hybridized carbons (Fsp3) is 0.682. The van der Waals surface area contributed by atoms with Crippen molar-refractivity contribution in [3.05, 3.63) is 23.9 Å². The molecule has 3 saturated heterocycles. The molecule has 170 valence electrons. The summed E-state index contributed by atoms with van der Waals surface area (Å²) in [5, 5.41) is 0. The Labute approximate surface area is 182 Å². The van der Waals surface area contributed by atoms with Gasteiger partial charge in [0.25, 0.3) is 5.91 Å². The number of aromatic nitrogens is 1. The average molecular weight is 434 g/mol. The number of piperidine rings is 1. The summed E-state index contributed by atoms with van der Waals surface area (Å²) in [4.78, 5) is 32.9. The Morgan fingerprint density at radius 3 is 2.58 bits per heavy atom. The van der Waals surface area contributed by atoms with E-state index in [0.29, 0.717) is 57.4 Å². The smallest absolute Gasteiger partial charge is 0.255 e. The average Bonchev–Trinajstić information content (AvgIpc) is 2.83. The molecular weight excluding hydrogens is 402 g/mol. The highest BCUT2D eigenvalue weighted by atomic mass is 16.5. The Bertz CT molecular complexity index is 757. The van der Waals surface area contributed by atoms with Crippen molar-refractivity contribution in [2.24, 2.45) is 0 Å². The Kier molecular flexibility index (Phi) is 7.04. The van der Waals surface area contributed by atoms with Gasteiger partial charge in [-0.2, -0.15) is 0 Å².